The fourth-order valence-electron chi connectivity index (χ4n) is 1.87. The summed E-state index contributed by atoms with van der Waals surface area (Å²) in [6, 6.07) is 4.86. The topological polar surface area (TPSA) is 85.0 Å². The van der Waals surface area contributed by atoms with Crippen molar-refractivity contribution in [2.24, 2.45) is 0 Å². The number of aryl methyl sites for hydroxylation is 1. The lowest BCUT2D eigenvalue weighted by molar-refractivity contribution is -0.384. The minimum absolute atomic E-state index is 0.0642. The van der Waals surface area contributed by atoms with E-state index in [9.17, 15) is 10.1 Å². The van der Waals surface area contributed by atoms with Crippen LogP contribution in [0, 0.1) is 17.0 Å². The van der Waals surface area contributed by atoms with Gasteiger partial charge in [0.1, 0.15) is 0 Å². The summed E-state index contributed by atoms with van der Waals surface area (Å²) in [5, 5.41) is 21.1. The summed E-state index contributed by atoms with van der Waals surface area (Å²) in [5.74, 6) is 0. The highest BCUT2D eigenvalue weighted by atomic mass is 16.6. The molecule has 0 bridgehead atoms. The molecule has 2 aromatic rings. The van der Waals surface area contributed by atoms with E-state index in [1.54, 1.807) is 13.2 Å². The Morgan fingerprint density at radius 2 is 2.10 bits per heavy atom. The standard InChI is InChI=1S/C13H17N5O2/c1-10-8-16-17(9-10)4-3-15-12-5-11(14-2)6-13(7-12)18(19)20/h5-9,14-15H,3-4H2,1-2H3. The van der Waals surface area contributed by atoms with Crippen molar-refractivity contribution in [2.75, 3.05) is 24.2 Å². The summed E-state index contributed by atoms with van der Waals surface area (Å²) in [6.45, 7) is 3.33. The molecule has 7 nitrogen and oxygen atoms in total. The van der Waals surface area contributed by atoms with Crippen molar-refractivity contribution in [3.05, 3.63) is 46.3 Å². The zero-order valence-corrected chi connectivity index (χ0v) is 11.5. The summed E-state index contributed by atoms with van der Waals surface area (Å²) < 4.78 is 1.83. The molecular formula is C13H17N5O2. The van der Waals surface area contributed by atoms with Gasteiger partial charge in [0, 0.05) is 43.3 Å². The number of benzene rings is 1. The Bertz CT molecular complexity index is 609. The molecule has 0 amide bonds. The maximum atomic E-state index is 10.9. The van der Waals surface area contributed by atoms with Crippen molar-refractivity contribution in [3.8, 4) is 0 Å². The van der Waals surface area contributed by atoms with Crippen LogP contribution in [0.25, 0.3) is 0 Å². The van der Waals surface area contributed by atoms with Gasteiger partial charge in [-0.3, -0.25) is 14.8 Å². The Morgan fingerprint density at radius 3 is 2.70 bits per heavy atom. The minimum atomic E-state index is -0.400. The number of nitro groups is 1. The molecule has 0 spiro atoms. The van der Waals surface area contributed by atoms with E-state index in [0.29, 0.717) is 24.5 Å². The molecule has 0 radical (unpaired) electrons. The molecule has 0 saturated carbocycles. The first-order valence-corrected chi connectivity index (χ1v) is 6.28. The molecule has 0 atom stereocenters. The summed E-state index contributed by atoms with van der Waals surface area (Å²) in [5.41, 5.74) is 2.59. The van der Waals surface area contributed by atoms with Gasteiger partial charge in [-0.2, -0.15) is 5.10 Å². The largest absolute Gasteiger partial charge is 0.388 e. The van der Waals surface area contributed by atoms with Gasteiger partial charge >= 0.3 is 0 Å². The molecule has 7 heteroatoms. The number of hydrogen-bond acceptors (Lipinski definition) is 5. The van der Waals surface area contributed by atoms with E-state index >= 15 is 0 Å². The van der Waals surface area contributed by atoms with Gasteiger partial charge in [0.2, 0.25) is 0 Å². The van der Waals surface area contributed by atoms with Crippen LogP contribution in [0.2, 0.25) is 0 Å². The van der Waals surface area contributed by atoms with E-state index in [2.05, 4.69) is 15.7 Å². The van der Waals surface area contributed by atoms with Gasteiger partial charge in [-0.05, 0) is 18.6 Å². The number of non-ortho nitro benzene ring substituents is 1. The van der Waals surface area contributed by atoms with Crippen molar-refractivity contribution in [1.29, 1.82) is 0 Å². The first-order chi connectivity index (χ1) is 9.58. The molecule has 0 aliphatic carbocycles. The average molecular weight is 275 g/mol. The van der Waals surface area contributed by atoms with E-state index in [0.717, 1.165) is 5.56 Å². The number of nitro benzene ring substituents is 1. The van der Waals surface area contributed by atoms with Gasteiger partial charge in [0.05, 0.1) is 17.7 Å². The zero-order chi connectivity index (χ0) is 14.5. The molecule has 0 fully saturated rings. The predicted molar refractivity (Wildman–Crippen MR) is 78.1 cm³/mol. The van der Waals surface area contributed by atoms with Crippen LogP contribution in [0.3, 0.4) is 0 Å². The fraction of sp³-hybridized carbons (Fsp3) is 0.308. The maximum Gasteiger partial charge on any atom is 0.273 e. The highest BCUT2D eigenvalue weighted by molar-refractivity contribution is 5.63. The molecule has 1 aromatic heterocycles. The Hall–Kier alpha value is -2.57. The van der Waals surface area contributed by atoms with E-state index < -0.39 is 4.92 Å². The van der Waals surface area contributed by atoms with Crippen molar-refractivity contribution in [3.63, 3.8) is 0 Å². The minimum Gasteiger partial charge on any atom is -0.388 e. The van der Waals surface area contributed by atoms with Crippen LogP contribution in [-0.2, 0) is 6.54 Å². The lowest BCUT2D eigenvalue weighted by atomic mass is 10.2. The normalized spacial score (nSPS) is 10.3. The molecule has 0 unspecified atom stereocenters. The summed E-state index contributed by atoms with van der Waals surface area (Å²) in [4.78, 5) is 10.5. The third-order valence-corrected chi connectivity index (χ3v) is 2.85. The molecule has 106 valence electrons. The number of hydrogen-bond donors (Lipinski definition) is 2. The van der Waals surface area contributed by atoms with E-state index in [-0.39, 0.29) is 5.69 Å². The van der Waals surface area contributed by atoms with Crippen molar-refractivity contribution < 1.29 is 4.92 Å². The van der Waals surface area contributed by atoms with Crippen molar-refractivity contribution in [2.45, 2.75) is 13.5 Å². The average Bonchev–Trinajstić information content (AvgIpc) is 2.84. The van der Waals surface area contributed by atoms with Gasteiger partial charge in [-0.25, -0.2) is 0 Å². The molecule has 2 N–H and O–H groups in total. The second kappa shape index (κ2) is 6.05. The summed E-state index contributed by atoms with van der Waals surface area (Å²) in [6.07, 6.45) is 3.75. The van der Waals surface area contributed by atoms with Crippen LogP contribution in [0.4, 0.5) is 17.1 Å². The van der Waals surface area contributed by atoms with Gasteiger partial charge in [0.25, 0.3) is 5.69 Å². The van der Waals surface area contributed by atoms with Gasteiger partial charge in [-0.15, -0.1) is 0 Å². The molecule has 0 saturated heterocycles. The number of rotatable bonds is 6. The van der Waals surface area contributed by atoms with E-state index in [1.807, 2.05) is 23.9 Å². The Labute approximate surface area is 116 Å². The maximum absolute atomic E-state index is 10.9. The summed E-state index contributed by atoms with van der Waals surface area (Å²) in [7, 11) is 1.73. The second-order valence-electron chi connectivity index (χ2n) is 4.48. The van der Waals surface area contributed by atoms with Crippen LogP contribution < -0.4 is 10.6 Å². The lowest BCUT2D eigenvalue weighted by Gasteiger charge is -2.08. The number of nitrogens with one attached hydrogen (secondary N) is 2. The van der Waals surface area contributed by atoms with Crippen LogP contribution in [0.15, 0.2) is 30.6 Å². The number of aromatic nitrogens is 2. The third kappa shape index (κ3) is 3.47. The SMILES string of the molecule is CNc1cc(NCCn2cc(C)cn2)cc([N+](=O)[O-])c1. The van der Waals surface area contributed by atoms with Gasteiger partial charge in [0.15, 0.2) is 0 Å². The van der Waals surface area contributed by atoms with Gasteiger partial charge < -0.3 is 10.6 Å². The molecule has 0 aliphatic heterocycles. The smallest absolute Gasteiger partial charge is 0.273 e. The molecule has 2 rings (SSSR count). The summed E-state index contributed by atoms with van der Waals surface area (Å²) >= 11 is 0. The van der Waals surface area contributed by atoms with E-state index in [1.165, 1.54) is 12.1 Å². The third-order valence-electron chi connectivity index (χ3n) is 2.85. The Kier molecular flexibility index (Phi) is 4.19. The van der Waals surface area contributed by atoms with Crippen molar-refractivity contribution in [1.82, 2.24) is 9.78 Å². The highest BCUT2D eigenvalue weighted by Gasteiger charge is 2.08. The molecule has 1 aromatic carbocycles. The first kappa shape index (κ1) is 13.9. The number of anilines is 2. The second-order valence-corrected chi connectivity index (χ2v) is 4.48. The van der Waals surface area contributed by atoms with Crippen LogP contribution in [-0.4, -0.2) is 28.3 Å². The molecule has 20 heavy (non-hydrogen) atoms. The van der Waals surface area contributed by atoms with E-state index in [4.69, 9.17) is 0 Å². The van der Waals surface area contributed by atoms with Crippen LogP contribution in [0.5, 0.6) is 0 Å². The number of nitrogens with zero attached hydrogens (tertiary/aromatic N) is 3. The van der Waals surface area contributed by atoms with Gasteiger partial charge in [-0.1, -0.05) is 0 Å². The highest BCUT2D eigenvalue weighted by Crippen LogP contribution is 2.23. The Balaban J connectivity index is 2.01. The van der Waals surface area contributed by atoms with Crippen molar-refractivity contribution >= 4 is 17.1 Å². The van der Waals surface area contributed by atoms with Crippen LogP contribution >= 0.6 is 0 Å². The fourth-order valence-corrected chi connectivity index (χ4v) is 1.87. The molecular weight excluding hydrogens is 258 g/mol. The quantitative estimate of drug-likeness (QED) is 0.624. The lowest BCUT2D eigenvalue weighted by Crippen LogP contribution is -2.11. The molecule has 0 aliphatic rings. The van der Waals surface area contributed by atoms with Crippen LogP contribution in [0.1, 0.15) is 5.56 Å². The monoisotopic (exact) mass is 275 g/mol. The predicted octanol–water partition coefficient (Wildman–Crippen LogP) is 2.25. The first-order valence-electron chi connectivity index (χ1n) is 6.28. The zero-order valence-electron chi connectivity index (χ0n) is 11.5. The Morgan fingerprint density at radius 1 is 1.35 bits per heavy atom. The molecule has 1 heterocycles.